The molecule has 1 atom stereocenters. The lowest BCUT2D eigenvalue weighted by molar-refractivity contribution is 0.161. The Morgan fingerprint density at radius 1 is 1.43 bits per heavy atom. The Morgan fingerprint density at radius 3 is 2.87 bits per heavy atom. The highest BCUT2D eigenvalue weighted by molar-refractivity contribution is 7.09. The van der Waals surface area contributed by atoms with Crippen molar-refractivity contribution in [3.63, 3.8) is 0 Å². The van der Waals surface area contributed by atoms with E-state index in [1.54, 1.807) is 17.5 Å². The van der Waals surface area contributed by atoms with Crippen LogP contribution in [0.4, 0.5) is 4.79 Å². The van der Waals surface area contributed by atoms with E-state index in [-0.39, 0.29) is 12.1 Å². The fourth-order valence-electron chi connectivity index (χ4n) is 2.98. The van der Waals surface area contributed by atoms with Crippen LogP contribution in [0.15, 0.2) is 30.0 Å². The van der Waals surface area contributed by atoms with Crippen molar-refractivity contribution in [2.75, 3.05) is 13.1 Å². The van der Waals surface area contributed by atoms with Crippen LogP contribution in [-0.4, -0.2) is 38.8 Å². The van der Waals surface area contributed by atoms with Gasteiger partial charge in [-0.25, -0.2) is 9.78 Å². The molecule has 0 aromatic carbocycles. The van der Waals surface area contributed by atoms with E-state index in [0.29, 0.717) is 5.92 Å². The second kappa shape index (κ2) is 7.59. The molecule has 6 nitrogen and oxygen atoms in total. The molecule has 23 heavy (non-hydrogen) atoms. The first-order valence-electron chi connectivity index (χ1n) is 8.18. The van der Waals surface area contributed by atoms with Gasteiger partial charge in [0, 0.05) is 43.6 Å². The molecule has 3 rings (SSSR count). The van der Waals surface area contributed by atoms with Crippen molar-refractivity contribution in [2.24, 2.45) is 5.92 Å². The predicted molar refractivity (Wildman–Crippen MR) is 90.2 cm³/mol. The summed E-state index contributed by atoms with van der Waals surface area (Å²) in [7, 11) is 0. The summed E-state index contributed by atoms with van der Waals surface area (Å²) >= 11 is 1.59. The number of nitrogens with zero attached hydrogens (tertiary/aromatic N) is 4. The van der Waals surface area contributed by atoms with Crippen molar-refractivity contribution in [3.05, 3.63) is 35.0 Å². The van der Waals surface area contributed by atoms with E-state index in [2.05, 4.69) is 22.3 Å². The summed E-state index contributed by atoms with van der Waals surface area (Å²) in [5, 5.41) is 10.3. The van der Waals surface area contributed by atoms with E-state index in [9.17, 15) is 4.79 Å². The summed E-state index contributed by atoms with van der Waals surface area (Å²) in [6.45, 7) is 4.64. The van der Waals surface area contributed by atoms with E-state index in [0.717, 1.165) is 43.9 Å². The average molecular weight is 333 g/mol. The molecule has 7 heteroatoms. The minimum Gasteiger partial charge on any atom is -0.329 e. The molecule has 0 saturated carbocycles. The zero-order chi connectivity index (χ0) is 16.1. The number of aromatic nitrogens is 3. The maximum atomic E-state index is 12.5. The van der Waals surface area contributed by atoms with Crippen LogP contribution in [0.3, 0.4) is 0 Å². The number of hydrogen-bond acceptors (Lipinski definition) is 4. The molecular formula is C16H23N5OS. The highest BCUT2D eigenvalue weighted by Gasteiger charge is 2.25. The number of likely N-dealkylation sites (tertiary alicyclic amines) is 1. The van der Waals surface area contributed by atoms with Gasteiger partial charge in [-0.05, 0) is 31.2 Å². The molecule has 1 N–H and O–H groups in total. The molecular weight excluding hydrogens is 310 g/mol. The number of nitrogens with one attached hydrogen (secondary N) is 1. The predicted octanol–water partition coefficient (Wildman–Crippen LogP) is 2.91. The molecule has 2 aromatic rings. The monoisotopic (exact) mass is 333 g/mol. The highest BCUT2D eigenvalue weighted by atomic mass is 32.1. The number of hydrogen-bond donors (Lipinski definition) is 1. The first kappa shape index (κ1) is 16.0. The van der Waals surface area contributed by atoms with Gasteiger partial charge in [0.1, 0.15) is 5.01 Å². The van der Waals surface area contributed by atoms with Crippen molar-refractivity contribution in [1.29, 1.82) is 0 Å². The van der Waals surface area contributed by atoms with E-state index >= 15 is 0 Å². The molecule has 0 unspecified atom stereocenters. The SMILES string of the molecule is CC[C@@H](NC(=O)N1CCC(Cn2cccn2)CC1)c1nccs1. The van der Waals surface area contributed by atoms with Gasteiger partial charge in [0.2, 0.25) is 0 Å². The van der Waals surface area contributed by atoms with Crippen LogP contribution in [0.2, 0.25) is 0 Å². The maximum absolute atomic E-state index is 12.5. The summed E-state index contributed by atoms with van der Waals surface area (Å²) < 4.78 is 1.98. The number of carbonyl (C=O) groups excluding carboxylic acids is 1. The van der Waals surface area contributed by atoms with E-state index in [1.807, 2.05) is 33.4 Å². The molecule has 1 saturated heterocycles. The van der Waals surface area contributed by atoms with Crippen LogP contribution in [-0.2, 0) is 6.54 Å². The van der Waals surface area contributed by atoms with Gasteiger partial charge >= 0.3 is 6.03 Å². The Labute approximate surface area is 140 Å². The maximum Gasteiger partial charge on any atom is 0.317 e. The average Bonchev–Trinajstić information content (AvgIpc) is 3.26. The van der Waals surface area contributed by atoms with Crippen molar-refractivity contribution in [2.45, 2.75) is 38.8 Å². The Hall–Kier alpha value is -1.89. The molecule has 3 heterocycles. The quantitative estimate of drug-likeness (QED) is 0.915. The topological polar surface area (TPSA) is 63.1 Å². The molecule has 0 aliphatic carbocycles. The number of rotatable bonds is 5. The third kappa shape index (κ3) is 4.10. The molecule has 0 spiro atoms. The summed E-state index contributed by atoms with van der Waals surface area (Å²) in [5.41, 5.74) is 0. The van der Waals surface area contributed by atoms with Crippen LogP contribution < -0.4 is 5.32 Å². The van der Waals surface area contributed by atoms with Crippen LogP contribution in [0.1, 0.15) is 37.2 Å². The zero-order valence-electron chi connectivity index (χ0n) is 13.4. The second-order valence-electron chi connectivity index (χ2n) is 5.94. The molecule has 1 aliphatic rings. The van der Waals surface area contributed by atoms with Gasteiger partial charge in [0.25, 0.3) is 0 Å². The number of carbonyl (C=O) groups is 1. The van der Waals surface area contributed by atoms with Gasteiger partial charge in [-0.1, -0.05) is 6.92 Å². The molecule has 1 fully saturated rings. The van der Waals surface area contributed by atoms with E-state index < -0.39 is 0 Å². The summed E-state index contributed by atoms with van der Waals surface area (Å²) in [5.74, 6) is 0.597. The second-order valence-corrected chi connectivity index (χ2v) is 6.87. The lowest BCUT2D eigenvalue weighted by atomic mass is 9.97. The third-order valence-electron chi connectivity index (χ3n) is 4.36. The number of piperidine rings is 1. The van der Waals surface area contributed by atoms with Crippen molar-refractivity contribution in [1.82, 2.24) is 25.0 Å². The van der Waals surface area contributed by atoms with Gasteiger partial charge in [-0.3, -0.25) is 4.68 Å². The largest absolute Gasteiger partial charge is 0.329 e. The summed E-state index contributed by atoms with van der Waals surface area (Å²) in [6.07, 6.45) is 8.51. The lowest BCUT2D eigenvalue weighted by Crippen LogP contribution is -2.45. The fourth-order valence-corrected chi connectivity index (χ4v) is 3.75. The van der Waals surface area contributed by atoms with Gasteiger partial charge in [-0.15, -0.1) is 11.3 Å². The highest BCUT2D eigenvalue weighted by Crippen LogP contribution is 2.22. The summed E-state index contributed by atoms with van der Waals surface area (Å²) in [4.78, 5) is 18.7. The molecule has 0 bridgehead atoms. The van der Waals surface area contributed by atoms with Gasteiger partial charge in [0.05, 0.1) is 6.04 Å². The number of amides is 2. The van der Waals surface area contributed by atoms with Gasteiger partial charge < -0.3 is 10.2 Å². The first-order valence-corrected chi connectivity index (χ1v) is 9.06. The molecule has 2 aromatic heterocycles. The van der Waals surface area contributed by atoms with E-state index in [4.69, 9.17) is 0 Å². The Bertz CT molecular complexity index is 590. The number of thiazole rings is 1. The van der Waals surface area contributed by atoms with Gasteiger partial charge in [0.15, 0.2) is 0 Å². The van der Waals surface area contributed by atoms with E-state index in [1.165, 1.54) is 0 Å². The summed E-state index contributed by atoms with van der Waals surface area (Å²) in [6, 6.07) is 2.00. The molecule has 0 radical (unpaired) electrons. The van der Waals surface area contributed by atoms with Crippen molar-refractivity contribution >= 4 is 17.4 Å². The molecule has 2 amide bonds. The van der Waals surface area contributed by atoms with Crippen molar-refractivity contribution in [3.8, 4) is 0 Å². The minimum atomic E-state index is 0.0179. The van der Waals surface area contributed by atoms with Crippen LogP contribution in [0.5, 0.6) is 0 Å². The number of urea groups is 1. The normalized spacial score (nSPS) is 17.2. The Balaban J connectivity index is 1.48. The smallest absolute Gasteiger partial charge is 0.317 e. The van der Waals surface area contributed by atoms with Crippen LogP contribution in [0.25, 0.3) is 0 Å². The van der Waals surface area contributed by atoms with Crippen LogP contribution in [0, 0.1) is 5.92 Å². The zero-order valence-corrected chi connectivity index (χ0v) is 14.2. The van der Waals surface area contributed by atoms with Crippen molar-refractivity contribution < 1.29 is 4.79 Å². The fraction of sp³-hybridized carbons (Fsp3) is 0.562. The molecule has 1 aliphatic heterocycles. The van der Waals surface area contributed by atoms with Crippen LogP contribution >= 0.6 is 11.3 Å². The minimum absolute atomic E-state index is 0.0179. The standard InChI is InChI=1S/C16H23N5OS/c1-2-14(15-17-7-11-23-15)19-16(22)20-9-4-13(5-10-20)12-21-8-3-6-18-21/h3,6-8,11,13-14H,2,4-5,9-10,12H2,1H3,(H,19,22)/t14-/m1/s1. The lowest BCUT2D eigenvalue weighted by Gasteiger charge is -2.33. The third-order valence-corrected chi connectivity index (χ3v) is 5.25. The Kier molecular flexibility index (Phi) is 5.27. The molecule has 124 valence electrons. The first-order chi connectivity index (χ1) is 11.3. The Morgan fingerprint density at radius 2 is 2.26 bits per heavy atom. The van der Waals surface area contributed by atoms with Gasteiger partial charge in [-0.2, -0.15) is 5.10 Å².